The van der Waals surface area contributed by atoms with Crippen LogP contribution in [0.4, 0.5) is 0 Å². The zero-order chi connectivity index (χ0) is 14.3. The molecule has 2 rings (SSSR count). The summed E-state index contributed by atoms with van der Waals surface area (Å²) in [6.45, 7) is 4.85. The van der Waals surface area contributed by atoms with Crippen molar-refractivity contribution in [2.24, 2.45) is 11.1 Å². The van der Waals surface area contributed by atoms with Crippen molar-refractivity contribution in [1.29, 1.82) is 0 Å². The quantitative estimate of drug-likeness (QED) is 0.910. The molecule has 1 saturated heterocycles. The molecule has 1 heterocycles. The number of halogens is 1. The van der Waals surface area contributed by atoms with Gasteiger partial charge < -0.3 is 5.73 Å². The van der Waals surface area contributed by atoms with Crippen molar-refractivity contribution >= 4 is 21.6 Å². The highest BCUT2D eigenvalue weighted by molar-refractivity contribution is 7.89. The number of benzene rings is 1. The monoisotopic (exact) mass is 302 g/mol. The Hall–Kier alpha value is -0.620. The summed E-state index contributed by atoms with van der Waals surface area (Å²) < 4.78 is 26.7. The number of nitrogens with zero attached hydrogens (tertiary/aromatic N) is 1. The van der Waals surface area contributed by atoms with Crippen LogP contribution in [0.1, 0.15) is 20.3 Å². The van der Waals surface area contributed by atoms with Crippen LogP contribution in [0.15, 0.2) is 29.2 Å². The lowest BCUT2D eigenvalue weighted by Crippen LogP contribution is -2.53. The van der Waals surface area contributed by atoms with Crippen molar-refractivity contribution in [1.82, 2.24) is 4.31 Å². The molecule has 0 bridgehead atoms. The number of piperidine rings is 1. The zero-order valence-corrected chi connectivity index (χ0v) is 12.7. The molecule has 0 aromatic heterocycles. The molecule has 106 valence electrons. The van der Waals surface area contributed by atoms with Gasteiger partial charge in [0.15, 0.2) is 0 Å². The highest BCUT2D eigenvalue weighted by atomic mass is 35.5. The van der Waals surface area contributed by atoms with E-state index in [-0.39, 0.29) is 21.4 Å². The Morgan fingerprint density at radius 1 is 1.37 bits per heavy atom. The van der Waals surface area contributed by atoms with Gasteiger partial charge in [0.25, 0.3) is 0 Å². The van der Waals surface area contributed by atoms with Gasteiger partial charge in [0.05, 0.1) is 5.02 Å². The van der Waals surface area contributed by atoms with E-state index < -0.39 is 10.0 Å². The smallest absolute Gasteiger partial charge is 0.244 e. The van der Waals surface area contributed by atoms with Gasteiger partial charge in [0.2, 0.25) is 10.0 Å². The first kappa shape index (κ1) is 14.8. The first-order valence-electron chi connectivity index (χ1n) is 6.25. The van der Waals surface area contributed by atoms with E-state index >= 15 is 0 Å². The van der Waals surface area contributed by atoms with Crippen LogP contribution in [0.2, 0.25) is 5.02 Å². The summed E-state index contributed by atoms with van der Waals surface area (Å²) in [5.74, 6) is 0. The van der Waals surface area contributed by atoms with Gasteiger partial charge in [-0.15, -0.1) is 0 Å². The first-order chi connectivity index (χ1) is 8.75. The van der Waals surface area contributed by atoms with E-state index in [1.165, 1.54) is 4.31 Å². The standard InChI is InChI=1S/C13H19ClN2O2S/c1-13(2)9-16(8-7-12(13)15)19(17,18)11-6-4-3-5-10(11)14/h3-6,12H,7-9,15H2,1-2H3. The number of hydrogen-bond acceptors (Lipinski definition) is 3. The Kier molecular flexibility index (Phi) is 3.93. The molecule has 0 saturated carbocycles. The summed E-state index contributed by atoms with van der Waals surface area (Å²) in [6.07, 6.45) is 0.663. The first-order valence-corrected chi connectivity index (χ1v) is 8.07. The van der Waals surface area contributed by atoms with Crippen LogP contribution in [0.25, 0.3) is 0 Å². The van der Waals surface area contributed by atoms with Gasteiger partial charge in [0, 0.05) is 19.1 Å². The number of hydrogen-bond donors (Lipinski definition) is 1. The fraction of sp³-hybridized carbons (Fsp3) is 0.538. The molecule has 1 aliphatic rings. The van der Waals surface area contributed by atoms with Crippen molar-refractivity contribution in [2.45, 2.75) is 31.2 Å². The molecular weight excluding hydrogens is 284 g/mol. The average molecular weight is 303 g/mol. The van der Waals surface area contributed by atoms with Crippen LogP contribution < -0.4 is 5.73 Å². The van der Waals surface area contributed by atoms with Gasteiger partial charge in [-0.3, -0.25) is 0 Å². The maximum absolute atomic E-state index is 12.6. The molecule has 1 unspecified atom stereocenters. The molecule has 19 heavy (non-hydrogen) atoms. The van der Waals surface area contributed by atoms with Gasteiger partial charge in [-0.25, -0.2) is 8.42 Å². The molecule has 1 aliphatic heterocycles. The predicted octanol–water partition coefficient (Wildman–Crippen LogP) is 2.09. The van der Waals surface area contributed by atoms with Crippen molar-refractivity contribution in [3.05, 3.63) is 29.3 Å². The van der Waals surface area contributed by atoms with Crippen molar-refractivity contribution in [2.75, 3.05) is 13.1 Å². The van der Waals surface area contributed by atoms with Crippen LogP contribution in [0.3, 0.4) is 0 Å². The number of sulfonamides is 1. The summed E-state index contributed by atoms with van der Waals surface area (Å²) in [6, 6.07) is 6.55. The van der Waals surface area contributed by atoms with Crippen LogP contribution in [0.5, 0.6) is 0 Å². The van der Waals surface area contributed by atoms with Crippen LogP contribution in [0, 0.1) is 5.41 Å². The molecule has 4 nitrogen and oxygen atoms in total. The summed E-state index contributed by atoms with van der Waals surface area (Å²) in [5, 5.41) is 0.259. The second-order valence-corrected chi connectivity index (χ2v) is 7.97. The normalized spacial score (nSPS) is 24.3. The molecule has 0 spiro atoms. The molecule has 1 aromatic carbocycles. The van der Waals surface area contributed by atoms with Crippen LogP contribution >= 0.6 is 11.6 Å². The Balaban J connectivity index is 2.34. The van der Waals surface area contributed by atoms with Crippen molar-refractivity contribution in [3.8, 4) is 0 Å². The van der Waals surface area contributed by atoms with E-state index in [2.05, 4.69) is 0 Å². The summed E-state index contributed by atoms with van der Waals surface area (Å²) >= 11 is 6.00. The largest absolute Gasteiger partial charge is 0.327 e. The van der Waals surface area contributed by atoms with Crippen LogP contribution in [-0.2, 0) is 10.0 Å². The number of rotatable bonds is 2. The zero-order valence-electron chi connectivity index (χ0n) is 11.1. The van der Waals surface area contributed by atoms with E-state index in [0.717, 1.165) is 0 Å². The Morgan fingerprint density at radius 2 is 2.00 bits per heavy atom. The van der Waals surface area contributed by atoms with Gasteiger partial charge in [-0.2, -0.15) is 4.31 Å². The van der Waals surface area contributed by atoms with E-state index in [4.69, 9.17) is 17.3 Å². The summed E-state index contributed by atoms with van der Waals surface area (Å²) in [4.78, 5) is 0.169. The highest BCUT2D eigenvalue weighted by Gasteiger charge is 2.39. The van der Waals surface area contributed by atoms with Gasteiger partial charge in [-0.05, 0) is 24.0 Å². The van der Waals surface area contributed by atoms with Gasteiger partial charge in [-0.1, -0.05) is 37.6 Å². The SMILES string of the molecule is CC1(C)CN(S(=O)(=O)c2ccccc2Cl)CCC1N. The summed E-state index contributed by atoms with van der Waals surface area (Å²) in [5.41, 5.74) is 5.81. The maximum Gasteiger partial charge on any atom is 0.244 e. The molecule has 0 amide bonds. The van der Waals surface area contributed by atoms with Crippen molar-refractivity contribution < 1.29 is 8.42 Å². The predicted molar refractivity (Wildman–Crippen MR) is 76.6 cm³/mol. The minimum atomic E-state index is -3.54. The molecule has 6 heteroatoms. The van der Waals surface area contributed by atoms with E-state index in [9.17, 15) is 8.42 Å². The van der Waals surface area contributed by atoms with E-state index in [1.807, 2.05) is 13.8 Å². The van der Waals surface area contributed by atoms with Crippen LogP contribution in [-0.4, -0.2) is 31.9 Å². The lowest BCUT2D eigenvalue weighted by molar-refractivity contribution is 0.155. The van der Waals surface area contributed by atoms with Gasteiger partial charge in [0.1, 0.15) is 4.90 Å². The number of nitrogens with two attached hydrogens (primary N) is 1. The molecule has 0 aliphatic carbocycles. The molecule has 1 fully saturated rings. The second-order valence-electron chi connectivity index (χ2n) is 5.65. The molecule has 2 N–H and O–H groups in total. The Morgan fingerprint density at radius 3 is 2.58 bits per heavy atom. The topological polar surface area (TPSA) is 63.4 Å². The fourth-order valence-electron chi connectivity index (χ4n) is 2.32. The minimum absolute atomic E-state index is 0.0187. The van der Waals surface area contributed by atoms with E-state index in [0.29, 0.717) is 19.5 Å². The second kappa shape index (κ2) is 5.05. The Labute approximate surface area is 119 Å². The molecule has 1 atom stereocenters. The third kappa shape index (κ3) is 2.79. The molecule has 0 radical (unpaired) electrons. The third-order valence-corrected chi connectivity index (χ3v) is 6.08. The third-order valence-electron chi connectivity index (χ3n) is 3.73. The van der Waals surface area contributed by atoms with Crippen molar-refractivity contribution in [3.63, 3.8) is 0 Å². The molecule has 1 aromatic rings. The van der Waals surface area contributed by atoms with E-state index in [1.54, 1.807) is 24.3 Å². The maximum atomic E-state index is 12.6. The Bertz CT molecular complexity index is 572. The lowest BCUT2D eigenvalue weighted by atomic mass is 9.81. The minimum Gasteiger partial charge on any atom is -0.327 e. The summed E-state index contributed by atoms with van der Waals surface area (Å²) in [7, 11) is -3.54. The van der Waals surface area contributed by atoms with Gasteiger partial charge >= 0.3 is 0 Å². The molecular formula is C13H19ClN2O2S. The fourth-order valence-corrected chi connectivity index (χ4v) is 4.44. The lowest BCUT2D eigenvalue weighted by Gasteiger charge is -2.41. The average Bonchev–Trinajstić information content (AvgIpc) is 2.32. The highest BCUT2D eigenvalue weighted by Crippen LogP contribution is 2.32.